The van der Waals surface area contributed by atoms with Gasteiger partial charge in [-0.1, -0.05) is 19.3 Å². The molecule has 3 atom stereocenters. The molecule has 1 heterocycles. The van der Waals surface area contributed by atoms with Crippen LogP contribution in [0.15, 0.2) is 0 Å². The average Bonchev–Trinajstić information content (AvgIpc) is 2.57. The SMILES string of the molecule is CC1C(N)C(CN)CN1C1CCCCC1. The van der Waals surface area contributed by atoms with E-state index in [2.05, 4.69) is 11.8 Å². The molecule has 1 saturated carbocycles. The van der Waals surface area contributed by atoms with Crippen LogP contribution < -0.4 is 11.5 Å². The predicted octanol–water partition coefficient (Wildman–Crippen LogP) is 0.925. The Morgan fingerprint density at radius 3 is 2.40 bits per heavy atom. The monoisotopic (exact) mass is 211 g/mol. The second-order valence-electron chi connectivity index (χ2n) is 5.30. The molecule has 3 nitrogen and oxygen atoms in total. The van der Waals surface area contributed by atoms with Gasteiger partial charge in [-0.05, 0) is 26.3 Å². The molecule has 2 rings (SSSR count). The molecule has 1 aliphatic heterocycles. The molecule has 0 aromatic heterocycles. The standard InChI is InChI=1S/C12H25N3/c1-9-12(14)10(7-13)8-15(9)11-5-3-2-4-6-11/h9-12H,2-8,13-14H2,1H3. The summed E-state index contributed by atoms with van der Waals surface area (Å²) < 4.78 is 0. The molecule has 0 aromatic carbocycles. The molecule has 3 unspecified atom stereocenters. The van der Waals surface area contributed by atoms with Gasteiger partial charge < -0.3 is 11.5 Å². The molecule has 0 aromatic rings. The number of hydrogen-bond acceptors (Lipinski definition) is 3. The molecular formula is C12H25N3. The van der Waals surface area contributed by atoms with Crippen LogP contribution in [0.1, 0.15) is 39.0 Å². The van der Waals surface area contributed by atoms with Gasteiger partial charge in [-0.3, -0.25) is 4.90 Å². The van der Waals surface area contributed by atoms with Crippen molar-refractivity contribution in [2.45, 2.75) is 57.2 Å². The molecule has 3 heteroatoms. The molecule has 15 heavy (non-hydrogen) atoms. The molecule has 1 saturated heterocycles. The third-order valence-electron chi connectivity index (χ3n) is 4.42. The Balaban J connectivity index is 1.97. The number of likely N-dealkylation sites (tertiary alicyclic amines) is 1. The van der Waals surface area contributed by atoms with E-state index in [4.69, 9.17) is 11.5 Å². The van der Waals surface area contributed by atoms with Crippen molar-refractivity contribution in [3.8, 4) is 0 Å². The first-order valence-electron chi connectivity index (χ1n) is 6.45. The van der Waals surface area contributed by atoms with Crippen molar-refractivity contribution in [3.05, 3.63) is 0 Å². The van der Waals surface area contributed by atoms with Crippen LogP contribution in [0.2, 0.25) is 0 Å². The van der Waals surface area contributed by atoms with Gasteiger partial charge in [-0.2, -0.15) is 0 Å². The van der Waals surface area contributed by atoms with E-state index in [0.717, 1.165) is 19.1 Å². The summed E-state index contributed by atoms with van der Waals surface area (Å²) >= 11 is 0. The fourth-order valence-corrected chi connectivity index (χ4v) is 3.30. The van der Waals surface area contributed by atoms with Crippen molar-refractivity contribution in [2.75, 3.05) is 13.1 Å². The van der Waals surface area contributed by atoms with Crippen molar-refractivity contribution in [1.29, 1.82) is 0 Å². The minimum Gasteiger partial charge on any atom is -0.330 e. The van der Waals surface area contributed by atoms with Gasteiger partial charge in [0.2, 0.25) is 0 Å². The summed E-state index contributed by atoms with van der Waals surface area (Å²) in [5, 5.41) is 0. The van der Waals surface area contributed by atoms with Crippen LogP contribution in [-0.4, -0.2) is 36.1 Å². The van der Waals surface area contributed by atoms with Crippen molar-refractivity contribution >= 4 is 0 Å². The van der Waals surface area contributed by atoms with Crippen molar-refractivity contribution < 1.29 is 0 Å². The zero-order valence-corrected chi connectivity index (χ0v) is 9.86. The Kier molecular flexibility index (Phi) is 3.65. The lowest BCUT2D eigenvalue weighted by atomic mass is 9.94. The van der Waals surface area contributed by atoms with E-state index in [9.17, 15) is 0 Å². The van der Waals surface area contributed by atoms with Crippen LogP contribution in [0.4, 0.5) is 0 Å². The van der Waals surface area contributed by atoms with E-state index >= 15 is 0 Å². The molecule has 2 aliphatic rings. The Labute approximate surface area is 93.2 Å². The zero-order chi connectivity index (χ0) is 10.8. The Bertz CT molecular complexity index is 201. The summed E-state index contributed by atoms with van der Waals surface area (Å²) in [4.78, 5) is 2.63. The van der Waals surface area contributed by atoms with Crippen LogP contribution >= 0.6 is 0 Å². The molecule has 0 radical (unpaired) electrons. The smallest absolute Gasteiger partial charge is 0.0247 e. The summed E-state index contributed by atoms with van der Waals surface area (Å²) in [7, 11) is 0. The summed E-state index contributed by atoms with van der Waals surface area (Å²) in [6.45, 7) is 4.15. The van der Waals surface area contributed by atoms with Gasteiger partial charge in [0.15, 0.2) is 0 Å². The molecule has 88 valence electrons. The second-order valence-corrected chi connectivity index (χ2v) is 5.30. The van der Waals surface area contributed by atoms with Gasteiger partial charge >= 0.3 is 0 Å². The van der Waals surface area contributed by atoms with Gasteiger partial charge in [0, 0.05) is 30.6 Å². The molecule has 0 bridgehead atoms. The predicted molar refractivity (Wildman–Crippen MR) is 63.6 cm³/mol. The maximum absolute atomic E-state index is 6.21. The first-order chi connectivity index (χ1) is 7.24. The van der Waals surface area contributed by atoms with E-state index in [-0.39, 0.29) is 6.04 Å². The maximum Gasteiger partial charge on any atom is 0.0247 e. The lowest BCUT2D eigenvalue weighted by Gasteiger charge is -2.34. The highest BCUT2D eigenvalue weighted by Crippen LogP contribution is 2.30. The number of rotatable bonds is 2. The van der Waals surface area contributed by atoms with Crippen LogP contribution in [0.5, 0.6) is 0 Å². The number of nitrogens with two attached hydrogens (primary N) is 2. The maximum atomic E-state index is 6.21. The molecule has 0 spiro atoms. The van der Waals surface area contributed by atoms with Gasteiger partial charge in [0.05, 0.1) is 0 Å². The highest BCUT2D eigenvalue weighted by molar-refractivity contribution is 4.97. The summed E-state index contributed by atoms with van der Waals surface area (Å²) in [5.74, 6) is 0.516. The molecule has 1 aliphatic carbocycles. The summed E-state index contributed by atoms with van der Waals surface area (Å²) in [6.07, 6.45) is 6.96. The van der Waals surface area contributed by atoms with Gasteiger partial charge in [-0.15, -0.1) is 0 Å². The summed E-state index contributed by atoms with van der Waals surface area (Å²) in [6, 6.07) is 1.61. The Morgan fingerprint density at radius 1 is 1.20 bits per heavy atom. The van der Waals surface area contributed by atoms with Gasteiger partial charge in [-0.25, -0.2) is 0 Å². The Hall–Kier alpha value is -0.120. The molecule has 4 N–H and O–H groups in total. The minimum absolute atomic E-state index is 0.289. The average molecular weight is 211 g/mol. The fraction of sp³-hybridized carbons (Fsp3) is 1.00. The van der Waals surface area contributed by atoms with Crippen LogP contribution in [0.25, 0.3) is 0 Å². The number of hydrogen-bond donors (Lipinski definition) is 2. The first kappa shape index (κ1) is 11.4. The topological polar surface area (TPSA) is 55.3 Å². The normalized spacial score (nSPS) is 39.8. The third-order valence-corrected chi connectivity index (χ3v) is 4.42. The Morgan fingerprint density at radius 2 is 1.87 bits per heavy atom. The van der Waals surface area contributed by atoms with E-state index in [1.165, 1.54) is 32.1 Å². The van der Waals surface area contributed by atoms with Gasteiger partial charge in [0.25, 0.3) is 0 Å². The lowest BCUT2D eigenvalue weighted by molar-refractivity contribution is 0.144. The first-order valence-corrected chi connectivity index (χ1v) is 6.45. The van der Waals surface area contributed by atoms with Crippen molar-refractivity contribution in [3.63, 3.8) is 0 Å². The van der Waals surface area contributed by atoms with Crippen LogP contribution in [0, 0.1) is 5.92 Å². The molecular weight excluding hydrogens is 186 g/mol. The van der Waals surface area contributed by atoms with Gasteiger partial charge in [0.1, 0.15) is 0 Å². The van der Waals surface area contributed by atoms with Crippen molar-refractivity contribution in [2.24, 2.45) is 17.4 Å². The van der Waals surface area contributed by atoms with E-state index in [1.54, 1.807) is 0 Å². The van der Waals surface area contributed by atoms with Crippen LogP contribution in [-0.2, 0) is 0 Å². The summed E-state index contributed by atoms with van der Waals surface area (Å²) in [5.41, 5.74) is 12.0. The highest BCUT2D eigenvalue weighted by atomic mass is 15.2. The highest BCUT2D eigenvalue weighted by Gasteiger charge is 2.39. The van der Waals surface area contributed by atoms with E-state index in [0.29, 0.717) is 12.0 Å². The van der Waals surface area contributed by atoms with E-state index < -0.39 is 0 Å². The molecule has 2 fully saturated rings. The van der Waals surface area contributed by atoms with E-state index in [1.807, 2.05) is 0 Å². The fourth-order valence-electron chi connectivity index (χ4n) is 3.30. The minimum atomic E-state index is 0.289. The van der Waals surface area contributed by atoms with Crippen LogP contribution in [0.3, 0.4) is 0 Å². The zero-order valence-electron chi connectivity index (χ0n) is 9.86. The largest absolute Gasteiger partial charge is 0.330 e. The van der Waals surface area contributed by atoms with Crippen molar-refractivity contribution in [1.82, 2.24) is 4.90 Å². The number of nitrogens with zero attached hydrogens (tertiary/aromatic N) is 1. The lowest BCUT2D eigenvalue weighted by Crippen LogP contribution is -2.44. The third kappa shape index (κ3) is 2.19. The quantitative estimate of drug-likeness (QED) is 0.714. The molecule has 0 amide bonds. The second kappa shape index (κ2) is 4.81.